The number of hydrogen-bond acceptors (Lipinski definition) is 3. The fourth-order valence-corrected chi connectivity index (χ4v) is 2.73. The number of benzene rings is 1. The van der Waals surface area contributed by atoms with E-state index in [1.54, 1.807) is 0 Å². The summed E-state index contributed by atoms with van der Waals surface area (Å²) in [6.07, 6.45) is 9.80. The molecule has 20 heavy (non-hydrogen) atoms. The van der Waals surface area contributed by atoms with Crippen molar-refractivity contribution >= 4 is 16.8 Å². The Kier molecular flexibility index (Phi) is 2.60. The Hall–Kier alpha value is -2.13. The van der Waals surface area contributed by atoms with Crippen LogP contribution in [0, 0.1) is 0 Å². The van der Waals surface area contributed by atoms with Gasteiger partial charge in [-0.15, -0.1) is 0 Å². The van der Waals surface area contributed by atoms with Crippen LogP contribution < -0.4 is 0 Å². The fraction of sp³-hybridized carbons (Fsp3) is 0.235. The maximum atomic E-state index is 5.91. The molecule has 3 nitrogen and oxygen atoms in total. The van der Waals surface area contributed by atoms with Gasteiger partial charge in [0.2, 0.25) is 5.79 Å². The first kappa shape index (κ1) is 11.7. The van der Waals surface area contributed by atoms with E-state index in [9.17, 15) is 0 Å². The molecule has 0 bridgehead atoms. The summed E-state index contributed by atoms with van der Waals surface area (Å²) in [5, 5.41) is 2.33. The minimum absolute atomic E-state index is 0.511. The Labute approximate surface area is 117 Å². The van der Waals surface area contributed by atoms with Crippen molar-refractivity contribution < 1.29 is 9.47 Å². The van der Waals surface area contributed by atoms with E-state index in [-0.39, 0.29) is 0 Å². The molecule has 0 N–H and O–H groups in total. The van der Waals surface area contributed by atoms with Gasteiger partial charge in [-0.25, -0.2) is 0 Å². The van der Waals surface area contributed by atoms with Crippen LogP contribution in [-0.4, -0.2) is 17.4 Å². The van der Waals surface area contributed by atoms with E-state index in [1.807, 2.05) is 36.6 Å². The van der Waals surface area contributed by atoms with Crippen LogP contribution >= 0.6 is 0 Å². The summed E-state index contributed by atoms with van der Waals surface area (Å²) in [5.74, 6) is 0.303. The van der Waals surface area contributed by atoms with Crippen LogP contribution in [0.4, 0.5) is 0 Å². The predicted octanol–water partition coefficient (Wildman–Crippen LogP) is 3.67. The van der Waals surface area contributed by atoms with Crippen molar-refractivity contribution in [3.05, 3.63) is 60.1 Å². The zero-order valence-corrected chi connectivity index (χ0v) is 11.1. The molecule has 2 aliphatic rings. The van der Waals surface area contributed by atoms with Crippen molar-refractivity contribution in [1.29, 1.82) is 0 Å². The third-order valence-corrected chi connectivity index (χ3v) is 3.75. The number of allylic oxidation sites excluding steroid dienone is 1. The van der Waals surface area contributed by atoms with E-state index < -0.39 is 5.79 Å². The van der Waals surface area contributed by atoms with E-state index in [4.69, 9.17) is 9.47 Å². The third kappa shape index (κ3) is 2.00. The Balaban J connectivity index is 1.64. The standard InChI is InChI=1S/C17H15NO2/c1-2-5-14-12-18-15(10-13(14)4-1)11-16-6-8-17(20-16)7-3-9-19-17/h1-2,4-6,8,10-12H,3,7,9H2/b16-11+. The lowest BCUT2D eigenvalue weighted by atomic mass is 10.1. The van der Waals surface area contributed by atoms with Gasteiger partial charge in [-0.2, -0.15) is 0 Å². The average molecular weight is 265 g/mol. The first-order chi connectivity index (χ1) is 9.83. The first-order valence-electron chi connectivity index (χ1n) is 6.92. The Bertz CT molecular complexity index is 712. The van der Waals surface area contributed by atoms with Gasteiger partial charge < -0.3 is 9.47 Å². The van der Waals surface area contributed by atoms with Crippen LogP contribution in [0.2, 0.25) is 0 Å². The van der Waals surface area contributed by atoms with Gasteiger partial charge in [0, 0.05) is 24.1 Å². The highest BCUT2D eigenvalue weighted by molar-refractivity contribution is 5.83. The summed E-state index contributed by atoms with van der Waals surface area (Å²) in [5.41, 5.74) is 0.901. The molecular formula is C17H15NO2. The average Bonchev–Trinajstić information content (AvgIpc) is 3.09. The zero-order chi connectivity index (χ0) is 13.4. The van der Waals surface area contributed by atoms with E-state index in [0.29, 0.717) is 0 Å². The van der Waals surface area contributed by atoms with Gasteiger partial charge in [-0.3, -0.25) is 4.98 Å². The van der Waals surface area contributed by atoms with E-state index in [2.05, 4.69) is 23.2 Å². The summed E-state index contributed by atoms with van der Waals surface area (Å²) in [7, 11) is 0. The molecule has 1 aromatic carbocycles. The summed E-state index contributed by atoms with van der Waals surface area (Å²) in [6, 6.07) is 10.3. The molecule has 2 aromatic rings. The Morgan fingerprint density at radius 2 is 2.10 bits per heavy atom. The number of ether oxygens (including phenoxy) is 2. The predicted molar refractivity (Wildman–Crippen MR) is 77.9 cm³/mol. The Morgan fingerprint density at radius 3 is 2.95 bits per heavy atom. The number of pyridine rings is 1. The zero-order valence-electron chi connectivity index (χ0n) is 11.1. The van der Waals surface area contributed by atoms with Gasteiger partial charge in [-0.1, -0.05) is 24.3 Å². The summed E-state index contributed by atoms with van der Waals surface area (Å²) in [6.45, 7) is 0.770. The number of aromatic nitrogens is 1. The fourth-order valence-electron chi connectivity index (χ4n) is 2.73. The van der Waals surface area contributed by atoms with Crippen LogP contribution in [0.15, 0.2) is 54.4 Å². The Morgan fingerprint density at radius 1 is 1.20 bits per heavy atom. The van der Waals surface area contributed by atoms with Gasteiger partial charge in [0.15, 0.2) is 0 Å². The van der Waals surface area contributed by atoms with Crippen molar-refractivity contribution in [2.45, 2.75) is 18.6 Å². The first-order valence-corrected chi connectivity index (χ1v) is 6.92. The highest BCUT2D eigenvalue weighted by Crippen LogP contribution is 2.36. The number of fused-ring (bicyclic) bond motifs is 1. The second-order valence-corrected chi connectivity index (χ2v) is 5.20. The summed E-state index contributed by atoms with van der Waals surface area (Å²) < 4.78 is 11.6. The van der Waals surface area contributed by atoms with Gasteiger partial charge in [0.1, 0.15) is 5.76 Å². The number of nitrogens with zero attached hydrogens (tertiary/aromatic N) is 1. The molecule has 1 saturated heterocycles. The highest BCUT2D eigenvalue weighted by atomic mass is 16.7. The van der Waals surface area contributed by atoms with Crippen molar-refractivity contribution in [1.82, 2.24) is 4.98 Å². The van der Waals surface area contributed by atoms with Crippen LogP contribution in [-0.2, 0) is 9.47 Å². The SMILES string of the molecule is C1=CC2(CCCO2)O/C1=C/c1cc2ccccc2cn1. The van der Waals surface area contributed by atoms with Crippen molar-refractivity contribution in [2.75, 3.05) is 6.61 Å². The lowest BCUT2D eigenvalue weighted by molar-refractivity contribution is -0.135. The highest BCUT2D eigenvalue weighted by Gasteiger charge is 2.38. The molecule has 3 heteroatoms. The molecule has 4 rings (SSSR count). The quantitative estimate of drug-likeness (QED) is 0.788. The molecular weight excluding hydrogens is 250 g/mol. The molecule has 1 unspecified atom stereocenters. The molecule has 1 spiro atoms. The maximum Gasteiger partial charge on any atom is 0.230 e. The van der Waals surface area contributed by atoms with Crippen LogP contribution in [0.1, 0.15) is 18.5 Å². The second kappa shape index (κ2) is 4.46. The minimum atomic E-state index is -0.511. The molecule has 1 atom stereocenters. The lowest BCUT2D eigenvalue weighted by Gasteiger charge is -2.20. The maximum absolute atomic E-state index is 5.91. The largest absolute Gasteiger partial charge is 0.459 e. The van der Waals surface area contributed by atoms with E-state index in [1.165, 1.54) is 5.39 Å². The van der Waals surface area contributed by atoms with Crippen LogP contribution in [0.3, 0.4) is 0 Å². The van der Waals surface area contributed by atoms with Crippen LogP contribution in [0.5, 0.6) is 0 Å². The van der Waals surface area contributed by atoms with Gasteiger partial charge in [0.25, 0.3) is 0 Å². The lowest BCUT2D eigenvalue weighted by Crippen LogP contribution is -2.24. The summed E-state index contributed by atoms with van der Waals surface area (Å²) >= 11 is 0. The monoisotopic (exact) mass is 265 g/mol. The van der Waals surface area contributed by atoms with Gasteiger partial charge in [0.05, 0.1) is 12.3 Å². The normalized spacial score (nSPS) is 26.7. The minimum Gasteiger partial charge on any atom is -0.459 e. The number of rotatable bonds is 1. The number of hydrogen-bond donors (Lipinski definition) is 0. The topological polar surface area (TPSA) is 31.4 Å². The van der Waals surface area contributed by atoms with Gasteiger partial charge >= 0.3 is 0 Å². The van der Waals surface area contributed by atoms with Crippen molar-refractivity contribution in [3.63, 3.8) is 0 Å². The van der Waals surface area contributed by atoms with Crippen LogP contribution in [0.25, 0.3) is 16.8 Å². The molecule has 3 heterocycles. The molecule has 0 aliphatic carbocycles. The molecule has 100 valence electrons. The third-order valence-electron chi connectivity index (χ3n) is 3.75. The summed E-state index contributed by atoms with van der Waals surface area (Å²) in [4.78, 5) is 4.45. The molecule has 1 fully saturated rings. The van der Waals surface area contributed by atoms with E-state index >= 15 is 0 Å². The second-order valence-electron chi connectivity index (χ2n) is 5.20. The molecule has 1 aromatic heterocycles. The molecule has 0 radical (unpaired) electrons. The van der Waals surface area contributed by atoms with Gasteiger partial charge in [-0.05, 0) is 30.0 Å². The molecule has 0 saturated carbocycles. The van der Waals surface area contributed by atoms with Crippen molar-refractivity contribution in [3.8, 4) is 0 Å². The molecule has 0 amide bonds. The van der Waals surface area contributed by atoms with Crippen molar-refractivity contribution in [2.24, 2.45) is 0 Å². The van der Waals surface area contributed by atoms with E-state index in [0.717, 1.165) is 36.3 Å². The molecule has 2 aliphatic heterocycles. The smallest absolute Gasteiger partial charge is 0.230 e.